The Morgan fingerprint density at radius 2 is 1.93 bits per heavy atom. The van der Waals surface area contributed by atoms with Gasteiger partial charge in [-0.3, -0.25) is 0 Å². The van der Waals surface area contributed by atoms with Crippen LogP contribution in [0.15, 0.2) is 41.3 Å². The summed E-state index contributed by atoms with van der Waals surface area (Å²) in [6.45, 7) is 7.25. The number of esters is 1. The van der Waals surface area contributed by atoms with Crippen LogP contribution in [-0.4, -0.2) is 41.3 Å². The van der Waals surface area contributed by atoms with Crippen LogP contribution in [0.5, 0.6) is 17.2 Å². The van der Waals surface area contributed by atoms with E-state index in [4.69, 9.17) is 23.7 Å². The van der Waals surface area contributed by atoms with Crippen molar-refractivity contribution in [3.05, 3.63) is 47.5 Å². The Bertz CT molecular complexity index is 866. The number of hydrogen-bond acceptors (Lipinski definition) is 7. The van der Waals surface area contributed by atoms with Gasteiger partial charge in [0.15, 0.2) is 18.3 Å². The van der Waals surface area contributed by atoms with Gasteiger partial charge in [-0.05, 0) is 18.2 Å². The molecule has 0 saturated carbocycles. The highest BCUT2D eigenvalue weighted by molar-refractivity contribution is 7.98. The van der Waals surface area contributed by atoms with Crippen molar-refractivity contribution in [2.24, 2.45) is 0 Å². The smallest absolute Gasteiger partial charge is 0.342 e. The predicted molar refractivity (Wildman–Crippen MR) is 120 cm³/mol. The molecule has 0 fully saturated rings. The van der Waals surface area contributed by atoms with Gasteiger partial charge in [-0.15, -0.1) is 11.8 Å². The molecule has 8 heteroatoms. The van der Waals surface area contributed by atoms with Crippen LogP contribution in [0.4, 0.5) is 0 Å². The number of methoxy groups -OCH3 is 1. The number of carbonyl (C=O) groups is 1. The first-order valence-corrected chi connectivity index (χ1v) is 14.5. The second kappa shape index (κ2) is 10.2. The minimum atomic E-state index is -1.33. The molecule has 0 atom stereocenters. The summed E-state index contributed by atoms with van der Waals surface area (Å²) >= 11 is 1.61. The fraction of sp³-hybridized carbons (Fsp3) is 0.409. The van der Waals surface area contributed by atoms with E-state index in [2.05, 4.69) is 19.6 Å². The molecule has 0 saturated heterocycles. The van der Waals surface area contributed by atoms with Gasteiger partial charge in [0, 0.05) is 37.5 Å². The molecule has 1 aliphatic rings. The molecule has 1 aliphatic heterocycles. The van der Waals surface area contributed by atoms with Crippen molar-refractivity contribution in [1.82, 2.24) is 0 Å². The predicted octanol–water partition coefficient (Wildman–Crippen LogP) is 5.19. The van der Waals surface area contributed by atoms with Gasteiger partial charge in [-0.25, -0.2) is 4.79 Å². The molecular weight excluding hydrogens is 420 g/mol. The molecule has 0 spiro atoms. The summed E-state index contributed by atoms with van der Waals surface area (Å²) in [6, 6.07) is 12.6. The van der Waals surface area contributed by atoms with Crippen LogP contribution in [0.1, 0.15) is 15.9 Å². The molecule has 0 radical (unpaired) electrons. The molecular formula is C22H28O6SSi. The van der Waals surface area contributed by atoms with Crippen molar-refractivity contribution in [3.63, 3.8) is 0 Å². The van der Waals surface area contributed by atoms with Gasteiger partial charge in [0.25, 0.3) is 0 Å². The van der Waals surface area contributed by atoms with Crippen molar-refractivity contribution in [3.8, 4) is 17.2 Å². The molecule has 162 valence electrons. The van der Waals surface area contributed by atoms with Crippen LogP contribution in [-0.2, 0) is 15.2 Å². The highest BCUT2D eigenvalue weighted by Gasteiger charge is 2.30. The number of rotatable bonds is 10. The lowest BCUT2D eigenvalue weighted by molar-refractivity contribution is 0.0436. The maximum Gasteiger partial charge on any atom is 0.342 e. The first-order valence-electron chi connectivity index (χ1n) is 9.81. The third-order valence-electron chi connectivity index (χ3n) is 4.47. The van der Waals surface area contributed by atoms with E-state index in [1.54, 1.807) is 17.8 Å². The summed E-state index contributed by atoms with van der Waals surface area (Å²) in [5, 5.41) is 0. The first kappa shape index (κ1) is 22.5. The van der Waals surface area contributed by atoms with Crippen molar-refractivity contribution >= 4 is 25.8 Å². The molecule has 0 unspecified atom stereocenters. The van der Waals surface area contributed by atoms with Gasteiger partial charge in [0.1, 0.15) is 11.3 Å². The topological polar surface area (TPSA) is 63.2 Å². The Kier molecular flexibility index (Phi) is 7.68. The van der Waals surface area contributed by atoms with Crippen LogP contribution in [0.25, 0.3) is 0 Å². The minimum Gasteiger partial charge on any atom is -0.466 e. The average molecular weight is 449 g/mol. The maximum absolute atomic E-state index is 13.1. The Morgan fingerprint density at radius 1 is 1.17 bits per heavy atom. The summed E-state index contributed by atoms with van der Waals surface area (Å²) in [4.78, 5) is 14.2. The third kappa shape index (κ3) is 5.93. The highest BCUT2D eigenvalue weighted by Crippen LogP contribution is 2.45. The standard InChI is InChI=1S/C22H28O6SSi/c1-24-14-26-18-12-19-21(28-15-27-19)17(13-29-16-8-6-5-7-9-16)20(18)22(23)25-10-11-30(2,3)4/h5-9,12H,10-11,13-15H2,1-4H3. The Balaban J connectivity index is 1.92. The van der Waals surface area contributed by atoms with Gasteiger partial charge >= 0.3 is 5.97 Å². The van der Waals surface area contributed by atoms with Crippen molar-refractivity contribution in [2.75, 3.05) is 27.3 Å². The number of benzene rings is 2. The SMILES string of the molecule is COCOc1cc2c(c(CSc3ccccc3)c1C(=O)OCC[Si](C)(C)C)OCO2. The maximum atomic E-state index is 13.1. The van der Waals surface area contributed by atoms with Gasteiger partial charge in [-0.2, -0.15) is 0 Å². The van der Waals surface area contributed by atoms with E-state index in [0.717, 1.165) is 10.9 Å². The van der Waals surface area contributed by atoms with E-state index in [0.29, 0.717) is 40.7 Å². The minimum absolute atomic E-state index is 0.0140. The molecule has 6 nitrogen and oxygen atoms in total. The van der Waals surface area contributed by atoms with Gasteiger partial charge in [0.2, 0.25) is 6.79 Å². The van der Waals surface area contributed by atoms with Crippen LogP contribution >= 0.6 is 11.8 Å². The average Bonchev–Trinajstić information content (AvgIpc) is 3.18. The van der Waals surface area contributed by atoms with E-state index in [-0.39, 0.29) is 13.6 Å². The molecule has 0 amide bonds. The molecule has 3 rings (SSSR count). The van der Waals surface area contributed by atoms with E-state index in [1.165, 1.54) is 7.11 Å². The number of ether oxygens (including phenoxy) is 5. The lowest BCUT2D eigenvalue weighted by Gasteiger charge is -2.18. The molecule has 1 heterocycles. The summed E-state index contributed by atoms with van der Waals surface area (Å²) in [7, 11) is 0.206. The van der Waals surface area contributed by atoms with Crippen molar-refractivity contribution < 1.29 is 28.5 Å². The van der Waals surface area contributed by atoms with E-state index in [9.17, 15) is 4.79 Å². The molecule has 2 aromatic carbocycles. The number of fused-ring (bicyclic) bond motifs is 1. The Morgan fingerprint density at radius 3 is 2.63 bits per heavy atom. The number of thioether (sulfide) groups is 1. The zero-order valence-corrected chi connectivity index (χ0v) is 19.7. The van der Waals surface area contributed by atoms with E-state index >= 15 is 0 Å². The van der Waals surface area contributed by atoms with Crippen LogP contribution in [0, 0.1) is 0 Å². The fourth-order valence-corrected chi connectivity index (χ4v) is 4.53. The quantitative estimate of drug-likeness (QED) is 0.215. The first-order chi connectivity index (χ1) is 14.4. The molecule has 30 heavy (non-hydrogen) atoms. The molecule has 0 N–H and O–H groups in total. The monoisotopic (exact) mass is 448 g/mol. The molecule has 0 bridgehead atoms. The van der Waals surface area contributed by atoms with Gasteiger partial charge < -0.3 is 23.7 Å². The molecule has 2 aromatic rings. The van der Waals surface area contributed by atoms with Crippen molar-refractivity contribution in [1.29, 1.82) is 0 Å². The summed E-state index contributed by atoms with van der Waals surface area (Å²) < 4.78 is 27.7. The molecule has 0 aromatic heterocycles. The highest BCUT2D eigenvalue weighted by atomic mass is 32.2. The van der Waals surface area contributed by atoms with Crippen LogP contribution in [0.2, 0.25) is 25.7 Å². The van der Waals surface area contributed by atoms with E-state index in [1.807, 2.05) is 30.3 Å². The molecule has 0 aliphatic carbocycles. The van der Waals surface area contributed by atoms with Crippen LogP contribution < -0.4 is 14.2 Å². The second-order valence-corrected chi connectivity index (χ2v) is 14.7. The summed E-state index contributed by atoms with van der Waals surface area (Å²) in [5.74, 6) is 1.60. The lowest BCUT2D eigenvalue weighted by Crippen LogP contribution is -2.23. The third-order valence-corrected chi connectivity index (χ3v) is 7.22. The lowest BCUT2D eigenvalue weighted by atomic mass is 10.1. The van der Waals surface area contributed by atoms with E-state index < -0.39 is 14.0 Å². The normalized spacial score (nSPS) is 12.7. The van der Waals surface area contributed by atoms with Gasteiger partial charge in [0.05, 0.1) is 6.61 Å². The zero-order valence-electron chi connectivity index (χ0n) is 17.9. The summed E-state index contributed by atoms with van der Waals surface area (Å²) in [5.41, 5.74) is 1.08. The Labute approximate surface area is 182 Å². The zero-order chi connectivity index (χ0) is 21.6. The van der Waals surface area contributed by atoms with Crippen molar-refractivity contribution in [2.45, 2.75) is 36.3 Å². The van der Waals surface area contributed by atoms with Gasteiger partial charge in [-0.1, -0.05) is 37.8 Å². The Hall–Kier alpha value is -2.16. The second-order valence-electron chi connectivity index (χ2n) is 8.06. The van der Waals surface area contributed by atoms with Crippen LogP contribution in [0.3, 0.4) is 0 Å². The number of carbonyl (C=O) groups excluding carboxylic acids is 1. The largest absolute Gasteiger partial charge is 0.466 e. The summed E-state index contributed by atoms with van der Waals surface area (Å²) in [6.07, 6.45) is 0. The fourth-order valence-electron chi connectivity index (χ4n) is 2.88. The number of hydrogen-bond donors (Lipinski definition) is 0.